The predicted molar refractivity (Wildman–Crippen MR) is 56.7 cm³/mol. The van der Waals surface area contributed by atoms with E-state index in [1.54, 1.807) is 0 Å². The van der Waals surface area contributed by atoms with Crippen LogP contribution in [0, 0.1) is 5.82 Å². The van der Waals surface area contributed by atoms with Gasteiger partial charge in [-0.3, -0.25) is 0 Å². The van der Waals surface area contributed by atoms with Crippen molar-refractivity contribution in [3.63, 3.8) is 0 Å². The Labute approximate surface area is 92.6 Å². The third-order valence-corrected chi connectivity index (χ3v) is 2.65. The highest BCUT2D eigenvalue weighted by molar-refractivity contribution is 6.30. The first-order valence-corrected chi connectivity index (χ1v) is 5.14. The van der Waals surface area contributed by atoms with E-state index in [-0.39, 0.29) is 11.4 Å². The Bertz CT molecular complexity index is 366. The SMILES string of the molecule is CC1(Nc2ncc(Cl)cc2F)CCOC1. The van der Waals surface area contributed by atoms with Crippen LogP contribution in [0.2, 0.25) is 5.02 Å². The molecular formula is C10H12ClFN2O. The van der Waals surface area contributed by atoms with Crippen LogP contribution in [-0.4, -0.2) is 23.7 Å². The van der Waals surface area contributed by atoms with Gasteiger partial charge in [0.25, 0.3) is 0 Å². The Kier molecular flexibility index (Phi) is 2.80. The van der Waals surface area contributed by atoms with Crippen LogP contribution in [-0.2, 0) is 4.74 Å². The van der Waals surface area contributed by atoms with Gasteiger partial charge in [-0.2, -0.15) is 0 Å². The van der Waals surface area contributed by atoms with E-state index in [9.17, 15) is 4.39 Å². The summed E-state index contributed by atoms with van der Waals surface area (Å²) in [4.78, 5) is 3.91. The fourth-order valence-corrected chi connectivity index (χ4v) is 1.70. The molecule has 3 nitrogen and oxygen atoms in total. The maximum atomic E-state index is 13.4. The molecular weight excluding hydrogens is 219 g/mol. The van der Waals surface area contributed by atoms with Crippen LogP contribution in [0.4, 0.5) is 10.2 Å². The number of hydrogen-bond acceptors (Lipinski definition) is 3. The van der Waals surface area contributed by atoms with Gasteiger partial charge in [0.2, 0.25) is 0 Å². The number of rotatable bonds is 2. The van der Waals surface area contributed by atoms with Crippen LogP contribution in [0.3, 0.4) is 0 Å². The molecule has 0 spiro atoms. The number of halogens is 2. The van der Waals surface area contributed by atoms with Gasteiger partial charge in [-0.1, -0.05) is 11.6 Å². The summed E-state index contributed by atoms with van der Waals surface area (Å²) in [5.41, 5.74) is -0.234. The third-order valence-electron chi connectivity index (χ3n) is 2.45. The third kappa shape index (κ3) is 2.38. The van der Waals surface area contributed by atoms with Gasteiger partial charge in [0.1, 0.15) is 0 Å². The zero-order chi connectivity index (χ0) is 10.9. The molecule has 0 amide bonds. The average molecular weight is 231 g/mol. The molecule has 1 N–H and O–H groups in total. The molecule has 5 heteroatoms. The Balaban J connectivity index is 2.16. The maximum absolute atomic E-state index is 13.4. The molecule has 0 saturated carbocycles. The second kappa shape index (κ2) is 3.94. The minimum atomic E-state index is -0.435. The van der Waals surface area contributed by atoms with Gasteiger partial charge in [-0.05, 0) is 19.4 Å². The standard InChI is InChI=1S/C10H12ClFN2O/c1-10(2-3-15-6-10)14-9-8(12)4-7(11)5-13-9/h4-5H,2-3,6H2,1H3,(H,13,14). The van der Waals surface area contributed by atoms with Crippen LogP contribution in [0.5, 0.6) is 0 Å². The molecule has 1 aliphatic heterocycles. The highest BCUT2D eigenvalue weighted by Crippen LogP contribution is 2.25. The summed E-state index contributed by atoms with van der Waals surface area (Å²) in [6.45, 7) is 3.24. The minimum absolute atomic E-state index is 0.229. The van der Waals surface area contributed by atoms with Gasteiger partial charge in [0.15, 0.2) is 11.6 Å². The van der Waals surface area contributed by atoms with Crippen LogP contribution in [0.15, 0.2) is 12.3 Å². The summed E-state index contributed by atoms with van der Waals surface area (Å²) in [7, 11) is 0. The topological polar surface area (TPSA) is 34.2 Å². The van der Waals surface area contributed by atoms with Crippen molar-refractivity contribution >= 4 is 17.4 Å². The van der Waals surface area contributed by atoms with Gasteiger partial charge in [-0.25, -0.2) is 9.37 Å². The number of nitrogens with zero attached hydrogens (tertiary/aromatic N) is 1. The summed E-state index contributed by atoms with van der Waals surface area (Å²) in [5, 5.41) is 3.34. The van der Waals surface area contributed by atoms with Crippen molar-refractivity contribution in [2.75, 3.05) is 18.5 Å². The first-order valence-electron chi connectivity index (χ1n) is 4.76. The average Bonchev–Trinajstić information content (AvgIpc) is 2.58. The van der Waals surface area contributed by atoms with Crippen molar-refractivity contribution in [3.05, 3.63) is 23.1 Å². The van der Waals surface area contributed by atoms with E-state index in [0.717, 1.165) is 6.42 Å². The van der Waals surface area contributed by atoms with Crippen molar-refractivity contribution in [1.82, 2.24) is 4.98 Å². The lowest BCUT2D eigenvalue weighted by molar-refractivity contribution is 0.185. The molecule has 0 bridgehead atoms. The second-order valence-corrected chi connectivity index (χ2v) is 4.41. The Morgan fingerprint density at radius 2 is 2.47 bits per heavy atom. The summed E-state index contributed by atoms with van der Waals surface area (Å²) in [5.74, 6) is -0.206. The Hall–Kier alpha value is -0.870. The van der Waals surface area contributed by atoms with Crippen molar-refractivity contribution in [3.8, 4) is 0 Å². The molecule has 1 atom stereocenters. The van der Waals surface area contributed by atoms with Crippen LogP contribution >= 0.6 is 11.6 Å². The van der Waals surface area contributed by atoms with Crippen molar-refractivity contribution in [2.24, 2.45) is 0 Å². The number of ether oxygens (including phenoxy) is 1. The molecule has 82 valence electrons. The number of anilines is 1. The van der Waals surface area contributed by atoms with Crippen LogP contribution < -0.4 is 5.32 Å². The van der Waals surface area contributed by atoms with Gasteiger partial charge in [0, 0.05) is 12.8 Å². The van der Waals surface area contributed by atoms with Gasteiger partial charge in [0.05, 0.1) is 17.2 Å². The first-order chi connectivity index (χ1) is 7.09. The maximum Gasteiger partial charge on any atom is 0.166 e. The molecule has 2 heterocycles. The van der Waals surface area contributed by atoms with Gasteiger partial charge in [-0.15, -0.1) is 0 Å². The highest BCUT2D eigenvalue weighted by Gasteiger charge is 2.30. The zero-order valence-corrected chi connectivity index (χ0v) is 9.14. The zero-order valence-electron chi connectivity index (χ0n) is 8.39. The molecule has 1 aliphatic rings. The van der Waals surface area contributed by atoms with Crippen LogP contribution in [0.25, 0.3) is 0 Å². The monoisotopic (exact) mass is 230 g/mol. The molecule has 1 aromatic heterocycles. The van der Waals surface area contributed by atoms with Crippen LogP contribution in [0.1, 0.15) is 13.3 Å². The van der Waals surface area contributed by atoms with Crippen molar-refractivity contribution < 1.29 is 9.13 Å². The number of nitrogens with one attached hydrogen (secondary N) is 1. The Morgan fingerprint density at radius 3 is 3.07 bits per heavy atom. The predicted octanol–water partition coefficient (Wildman–Crippen LogP) is 2.46. The van der Waals surface area contributed by atoms with E-state index >= 15 is 0 Å². The lowest BCUT2D eigenvalue weighted by Crippen LogP contribution is -2.35. The van der Waals surface area contributed by atoms with E-state index in [1.807, 2.05) is 6.92 Å². The minimum Gasteiger partial charge on any atom is -0.379 e. The van der Waals surface area contributed by atoms with E-state index in [4.69, 9.17) is 16.3 Å². The van der Waals surface area contributed by atoms with E-state index in [2.05, 4.69) is 10.3 Å². The van der Waals surface area contributed by atoms with Gasteiger partial charge >= 0.3 is 0 Å². The first kappa shape index (κ1) is 10.6. The van der Waals surface area contributed by atoms with E-state index < -0.39 is 5.82 Å². The fraction of sp³-hybridized carbons (Fsp3) is 0.500. The summed E-state index contributed by atoms with van der Waals surface area (Å²) < 4.78 is 18.7. The van der Waals surface area contributed by atoms with Crippen molar-refractivity contribution in [2.45, 2.75) is 18.9 Å². The largest absolute Gasteiger partial charge is 0.379 e. The molecule has 0 radical (unpaired) electrons. The lowest BCUT2D eigenvalue weighted by atomic mass is 10.0. The molecule has 1 fully saturated rings. The summed E-state index contributed by atoms with van der Waals surface area (Å²) >= 11 is 5.61. The number of aromatic nitrogens is 1. The van der Waals surface area contributed by atoms with Gasteiger partial charge < -0.3 is 10.1 Å². The number of pyridine rings is 1. The highest BCUT2D eigenvalue weighted by atomic mass is 35.5. The quantitative estimate of drug-likeness (QED) is 0.848. The molecule has 0 aliphatic carbocycles. The summed E-state index contributed by atoms with van der Waals surface area (Å²) in [6, 6.07) is 1.25. The Morgan fingerprint density at radius 1 is 1.67 bits per heavy atom. The molecule has 0 aromatic carbocycles. The van der Waals surface area contributed by atoms with E-state index in [1.165, 1.54) is 12.3 Å². The number of hydrogen-bond donors (Lipinski definition) is 1. The lowest BCUT2D eigenvalue weighted by Gasteiger charge is -2.24. The summed E-state index contributed by atoms with van der Waals surface area (Å²) in [6.07, 6.45) is 2.27. The molecule has 1 unspecified atom stereocenters. The molecule has 1 aromatic rings. The molecule has 15 heavy (non-hydrogen) atoms. The van der Waals surface area contributed by atoms with E-state index in [0.29, 0.717) is 18.2 Å². The molecule has 2 rings (SSSR count). The fourth-order valence-electron chi connectivity index (χ4n) is 1.56. The molecule has 1 saturated heterocycles. The van der Waals surface area contributed by atoms with Crippen molar-refractivity contribution in [1.29, 1.82) is 0 Å². The smallest absolute Gasteiger partial charge is 0.166 e. The normalized spacial score (nSPS) is 25.5. The second-order valence-electron chi connectivity index (χ2n) is 3.97.